The van der Waals surface area contributed by atoms with Crippen molar-refractivity contribution in [2.45, 2.75) is 58.4 Å². The lowest BCUT2D eigenvalue weighted by Gasteiger charge is -2.25. The highest BCUT2D eigenvalue weighted by atomic mass is 16.6. The molecule has 1 aromatic rings. The predicted octanol–water partition coefficient (Wildman–Crippen LogP) is 1.94. The van der Waals surface area contributed by atoms with Gasteiger partial charge in [-0.25, -0.2) is 14.6 Å². The minimum Gasteiger partial charge on any atom is -0.480 e. The maximum Gasteiger partial charge on any atom is 0.408 e. The van der Waals surface area contributed by atoms with Crippen LogP contribution in [0.3, 0.4) is 0 Å². The number of nitrogens with one attached hydrogen (secondary N) is 1. The number of carbonyl (C=O) groups excluding carboxylic acids is 1. The predicted molar refractivity (Wildman–Crippen MR) is 93.5 cm³/mol. The fraction of sp³-hybridized carbons (Fsp3) is 0.588. The average Bonchev–Trinajstić information content (AvgIpc) is 2.49. The zero-order valence-corrected chi connectivity index (χ0v) is 15.5. The molecular formula is C17H27N3O5. The SMILES string of the molecule is CC(C)N(C)c1ccc([C@H](O)[C@H](NC(=O)OC(C)(C)C)C(=O)O)cn1. The smallest absolute Gasteiger partial charge is 0.408 e. The zero-order chi connectivity index (χ0) is 19.4. The van der Waals surface area contributed by atoms with E-state index in [-0.39, 0.29) is 11.6 Å². The van der Waals surface area contributed by atoms with Crippen LogP contribution in [0.25, 0.3) is 0 Å². The lowest BCUT2D eigenvalue weighted by molar-refractivity contribution is -0.142. The Morgan fingerprint density at radius 3 is 2.28 bits per heavy atom. The van der Waals surface area contributed by atoms with Crippen LogP contribution in [0.2, 0.25) is 0 Å². The van der Waals surface area contributed by atoms with Gasteiger partial charge in [-0.1, -0.05) is 6.07 Å². The highest BCUT2D eigenvalue weighted by Crippen LogP contribution is 2.20. The lowest BCUT2D eigenvalue weighted by Crippen LogP contribution is -2.46. The van der Waals surface area contributed by atoms with Gasteiger partial charge in [0.1, 0.15) is 17.5 Å². The first kappa shape index (κ1) is 20.7. The summed E-state index contributed by atoms with van der Waals surface area (Å²) in [6.07, 6.45) is -0.981. The van der Waals surface area contributed by atoms with Gasteiger partial charge in [0.2, 0.25) is 0 Å². The van der Waals surface area contributed by atoms with Gasteiger partial charge in [-0.05, 0) is 40.7 Å². The standard InChI is InChI=1S/C17H27N3O5/c1-10(2)20(6)12-8-7-11(9-18-12)14(21)13(15(22)23)19-16(24)25-17(3,4)5/h7-10,13-14,21H,1-6H3,(H,19,24)(H,22,23)/t13-,14-/m0/s1. The number of hydrogen-bond donors (Lipinski definition) is 3. The van der Waals surface area contributed by atoms with Crippen LogP contribution in [0.4, 0.5) is 10.6 Å². The fourth-order valence-electron chi connectivity index (χ4n) is 1.95. The second-order valence-electron chi connectivity index (χ2n) is 7.06. The first-order chi connectivity index (χ1) is 11.4. The molecule has 0 unspecified atom stereocenters. The van der Waals surface area contributed by atoms with Crippen molar-refractivity contribution >= 4 is 17.9 Å². The van der Waals surface area contributed by atoms with Gasteiger partial charge in [-0.2, -0.15) is 0 Å². The number of alkyl carbamates (subject to hydrolysis) is 1. The molecule has 0 aromatic carbocycles. The Balaban J connectivity index is 2.90. The molecule has 0 fully saturated rings. The van der Waals surface area contributed by atoms with Crippen LogP contribution in [-0.4, -0.2) is 52.0 Å². The monoisotopic (exact) mass is 353 g/mol. The number of nitrogens with zero attached hydrogens (tertiary/aromatic N) is 2. The summed E-state index contributed by atoms with van der Waals surface area (Å²) in [6.45, 7) is 9.00. The number of anilines is 1. The molecule has 8 nitrogen and oxygen atoms in total. The number of ether oxygens (including phenoxy) is 1. The second-order valence-corrected chi connectivity index (χ2v) is 7.06. The number of aromatic nitrogens is 1. The topological polar surface area (TPSA) is 112 Å². The summed E-state index contributed by atoms with van der Waals surface area (Å²) in [5.74, 6) is -0.681. The molecule has 0 radical (unpaired) electrons. The molecule has 0 spiro atoms. The third-order valence-corrected chi connectivity index (χ3v) is 3.50. The molecule has 1 aromatic heterocycles. The van der Waals surface area contributed by atoms with E-state index in [4.69, 9.17) is 4.74 Å². The van der Waals surface area contributed by atoms with Crippen LogP contribution in [0.15, 0.2) is 18.3 Å². The van der Waals surface area contributed by atoms with E-state index in [0.29, 0.717) is 5.82 Å². The highest BCUT2D eigenvalue weighted by Gasteiger charge is 2.31. The summed E-state index contributed by atoms with van der Waals surface area (Å²) in [6, 6.07) is 1.96. The van der Waals surface area contributed by atoms with Gasteiger partial charge < -0.3 is 25.2 Å². The summed E-state index contributed by atoms with van der Waals surface area (Å²) in [5.41, 5.74) is -0.493. The minimum atomic E-state index is -1.55. The molecule has 2 atom stereocenters. The molecule has 0 aliphatic carbocycles. The number of aliphatic hydroxyl groups is 1. The Labute approximate surface area is 147 Å². The fourth-order valence-corrected chi connectivity index (χ4v) is 1.95. The summed E-state index contributed by atoms with van der Waals surface area (Å²) in [5, 5.41) is 21.8. The molecule has 0 saturated heterocycles. The summed E-state index contributed by atoms with van der Waals surface area (Å²) >= 11 is 0. The molecule has 25 heavy (non-hydrogen) atoms. The van der Waals surface area contributed by atoms with Gasteiger partial charge in [0.25, 0.3) is 0 Å². The van der Waals surface area contributed by atoms with Gasteiger partial charge in [0.15, 0.2) is 6.04 Å². The Kier molecular flexibility index (Phi) is 6.75. The number of hydrogen-bond acceptors (Lipinski definition) is 6. The second kappa shape index (κ2) is 8.15. The van der Waals surface area contributed by atoms with E-state index in [1.165, 1.54) is 6.20 Å². The van der Waals surface area contributed by atoms with E-state index in [0.717, 1.165) is 0 Å². The van der Waals surface area contributed by atoms with Crippen LogP contribution >= 0.6 is 0 Å². The van der Waals surface area contributed by atoms with E-state index < -0.39 is 29.8 Å². The molecule has 140 valence electrons. The van der Waals surface area contributed by atoms with Gasteiger partial charge in [-0.15, -0.1) is 0 Å². The number of rotatable bonds is 6. The Morgan fingerprint density at radius 1 is 1.28 bits per heavy atom. The van der Waals surface area contributed by atoms with E-state index in [2.05, 4.69) is 10.3 Å². The van der Waals surface area contributed by atoms with Crippen molar-refractivity contribution in [3.63, 3.8) is 0 Å². The van der Waals surface area contributed by atoms with Crippen LogP contribution < -0.4 is 10.2 Å². The molecule has 3 N–H and O–H groups in total. The van der Waals surface area contributed by atoms with E-state index in [9.17, 15) is 19.8 Å². The average molecular weight is 353 g/mol. The first-order valence-electron chi connectivity index (χ1n) is 8.01. The number of aliphatic carboxylic acids is 1. The number of aliphatic hydroxyl groups excluding tert-OH is 1. The molecule has 1 amide bonds. The molecule has 1 rings (SSSR count). The van der Waals surface area contributed by atoms with E-state index >= 15 is 0 Å². The number of amides is 1. The zero-order valence-electron chi connectivity index (χ0n) is 15.5. The van der Waals surface area contributed by atoms with Gasteiger partial charge in [0, 0.05) is 24.8 Å². The largest absolute Gasteiger partial charge is 0.480 e. The summed E-state index contributed by atoms with van der Waals surface area (Å²) in [4.78, 5) is 29.4. The van der Waals surface area contributed by atoms with Crippen molar-refractivity contribution in [1.82, 2.24) is 10.3 Å². The number of carbonyl (C=O) groups is 2. The lowest BCUT2D eigenvalue weighted by atomic mass is 10.0. The van der Waals surface area contributed by atoms with Crippen molar-refractivity contribution < 1.29 is 24.5 Å². The van der Waals surface area contributed by atoms with Crippen molar-refractivity contribution in [3.05, 3.63) is 23.9 Å². The number of pyridine rings is 1. The molecular weight excluding hydrogens is 326 g/mol. The number of carboxylic acid groups (broad SMARTS) is 1. The Bertz CT molecular complexity index is 595. The third-order valence-electron chi connectivity index (χ3n) is 3.50. The van der Waals surface area contributed by atoms with Crippen LogP contribution in [0, 0.1) is 0 Å². The van der Waals surface area contributed by atoms with E-state index in [1.54, 1.807) is 32.9 Å². The first-order valence-corrected chi connectivity index (χ1v) is 8.01. The minimum absolute atomic E-state index is 0.240. The number of carboxylic acids is 1. The van der Waals surface area contributed by atoms with E-state index in [1.807, 2.05) is 25.8 Å². The molecule has 0 saturated carbocycles. The van der Waals surface area contributed by atoms with Crippen LogP contribution in [0.1, 0.15) is 46.3 Å². The highest BCUT2D eigenvalue weighted by molar-refractivity contribution is 5.80. The molecule has 0 aliphatic rings. The maximum absolute atomic E-state index is 11.8. The van der Waals surface area contributed by atoms with Crippen molar-refractivity contribution in [1.29, 1.82) is 0 Å². The molecule has 0 aliphatic heterocycles. The third kappa shape index (κ3) is 6.22. The molecule has 8 heteroatoms. The van der Waals surface area contributed by atoms with Gasteiger partial charge in [-0.3, -0.25) is 0 Å². The summed E-state index contributed by atoms with van der Waals surface area (Å²) < 4.78 is 5.03. The normalized spacial score (nSPS) is 13.9. The van der Waals surface area contributed by atoms with Crippen LogP contribution in [-0.2, 0) is 9.53 Å². The Hall–Kier alpha value is -2.35. The van der Waals surface area contributed by atoms with Crippen molar-refractivity contribution in [2.75, 3.05) is 11.9 Å². The quantitative estimate of drug-likeness (QED) is 0.716. The van der Waals surface area contributed by atoms with Gasteiger partial charge >= 0.3 is 12.1 Å². The maximum atomic E-state index is 11.8. The van der Waals surface area contributed by atoms with Crippen LogP contribution in [0.5, 0.6) is 0 Å². The molecule has 0 bridgehead atoms. The van der Waals surface area contributed by atoms with Crippen molar-refractivity contribution in [2.24, 2.45) is 0 Å². The molecule has 1 heterocycles. The Morgan fingerprint density at radius 2 is 1.88 bits per heavy atom. The van der Waals surface area contributed by atoms with Gasteiger partial charge in [0.05, 0.1) is 0 Å². The summed E-state index contributed by atoms with van der Waals surface area (Å²) in [7, 11) is 1.88. The van der Waals surface area contributed by atoms with Crippen molar-refractivity contribution in [3.8, 4) is 0 Å².